The minimum atomic E-state index is 0.145. The maximum absolute atomic E-state index is 11.4. The van der Waals surface area contributed by atoms with Crippen molar-refractivity contribution < 1.29 is 4.79 Å². The first-order valence-electron chi connectivity index (χ1n) is 7.46. The highest BCUT2D eigenvalue weighted by molar-refractivity contribution is 5.73. The lowest BCUT2D eigenvalue weighted by atomic mass is 10.2. The van der Waals surface area contributed by atoms with E-state index < -0.39 is 0 Å². The zero-order chi connectivity index (χ0) is 15.7. The number of nitrogens with two attached hydrogens (primary N) is 1. The van der Waals surface area contributed by atoms with E-state index in [4.69, 9.17) is 5.73 Å². The van der Waals surface area contributed by atoms with Crippen LogP contribution < -0.4 is 10.6 Å². The van der Waals surface area contributed by atoms with E-state index in [0.29, 0.717) is 0 Å². The number of benzene rings is 1. The topological polar surface area (TPSA) is 67.4 Å². The van der Waals surface area contributed by atoms with Gasteiger partial charge in [0.15, 0.2) is 0 Å². The number of anilines is 2. The Hall–Kier alpha value is -2.50. The van der Waals surface area contributed by atoms with Crippen LogP contribution in [-0.2, 0) is 4.79 Å². The third kappa shape index (κ3) is 2.64. The first kappa shape index (κ1) is 14.4. The Morgan fingerprint density at radius 2 is 1.95 bits per heavy atom. The van der Waals surface area contributed by atoms with Crippen molar-refractivity contribution in [3.8, 4) is 5.69 Å². The molecule has 2 aromatic rings. The molecule has 1 amide bonds. The molecule has 1 aromatic carbocycles. The minimum Gasteiger partial charge on any atom is -0.397 e. The molecule has 0 bridgehead atoms. The van der Waals surface area contributed by atoms with Gasteiger partial charge in [0.1, 0.15) is 5.82 Å². The summed E-state index contributed by atoms with van der Waals surface area (Å²) in [6.07, 6.45) is 3.69. The van der Waals surface area contributed by atoms with Crippen LogP contribution in [-0.4, -0.2) is 46.5 Å². The second-order valence-electron chi connectivity index (χ2n) is 5.58. The van der Waals surface area contributed by atoms with Gasteiger partial charge in [-0.3, -0.25) is 4.79 Å². The number of rotatable bonds is 2. The third-order valence-electron chi connectivity index (χ3n) is 4.19. The summed E-state index contributed by atoms with van der Waals surface area (Å²) in [6.45, 7) is 6.78. The maximum atomic E-state index is 11.4. The van der Waals surface area contributed by atoms with Gasteiger partial charge in [0.05, 0.1) is 11.4 Å². The minimum absolute atomic E-state index is 0.145. The number of nitrogen functional groups attached to an aromatic ring is 1. The zero-order valence-electron chi connectivity index (χ0n) is 13.0. The molecule has 22 heavy (non-hydrogen) atoms. The van der Waals surface area contributed by atoms with E-state index in [2.05, 4.69) is 16.0 Å². The molecule has 0 radical (unpaired) electrons. The van der Waals surface area contributed by atoms with Crippen molar-refractivity contribution >= 4 is 17.3 Å². The largest absolute Gasteiger partial charge is 0.397 e. The Bertz CT molecular complexity index is 686. The fraction of sp³-hybridized carbons (Fsp3) is 0.375. The lowest BCUT2D eigenvalue weighted by molar-refractivity contribution is -0.129. The predicted octanol–water partition coefficient (Wildman–Crippen LogP) is 1.43. The number of nitrogens with zero attached hydrogens (tertiary/aromatic N) is 4. The lowest BCUT2D eigenvalue weighted by Gasteiger charge is -2.36. The highest BCUT2D eigenvalue weighted by Crippen LogP contribution is 2.26. The molecule has 0 saturated carbocycles. The quantitative estimate of drug-likeness (QED) is 0.852. The normalized spacial score (nSPS) is 15.2. The number of amides is 1. The van der Waals surface area contributed by atoms with Crippen molar-refractivity contribution in [3.63, 3.8) is 0 Å². The smallest absolute Gasteiger partial charge is 0.219 e. The van der Waals surface area contributed by atoms with Crippen LogP contribution in [0.3, 0.4) is 0 Å². The van der Waals surface area contributed by atoms with Gasteiger partial charge in [-0.2, -0.15) is 0 Å². The van der Waals surface area contributed by atoms with Crippen LogP contribution in [0.25, 0.3) is 5.69 Å². The Kier molecular flexibility index (Phi) is 3.75. The molecule has 1 aliphatic heterocycles. The van der Waals surface area contributed by atoms with Gasteiger partial charge in [0, 0.05) is 51.2 Å². The van der Waals surface area contributed by atoms with Crippen molar-refractivity contribution in [1.29, 1.82) is 0 Å². The molecular formula is C16H21N5O. The number of imidazole rings is 1. The molecule has 0 aliphatic carbocycles. The lowest BCUT2D eigenvalue weighted by Crippen LogP contribution is -2.48. The fourth-order valence-corrected chi connectivity index (χ4v) is 2.85. The van der Waals surface area contributed by atoms with Crippen LogP contribution in [0.5, 0.6) is 0 Å². The van der Waals surface area contributed by atoms with E-state index in [-0.39, 0.29) is 5.91 Å². The Morgan fingerprint density at radius 1 is 1.23 bits per heavy atom. The predicted molar refractivity (Wildman–Crippen MR) is 87.2 cm³/mol. The van der Waals surface area contributed by atoms with Crippen LogP contribution in [0.2, 0.25) is 0 Å². The van der Waals surface area contributed by atoms with Gasteiger partial charge in [0.25, 0.3) is 0 Å². The zero-order valence-corrected chi connectivity index (χ0v) is 13.0. The van der Waals surface area contributed by atoms with Crippen LogP contribution in [0, 0.1) is 6.92 Å². The Balaban J connectivity index is 1.84. The average Bonchev–Trinajstić information content (AvgIpc) is 2.94. The van der Waals surface area contributed by atoms with Crippen molar-refractivity contribution in [2.75, 3.05) is 36.8 Å². The summed E-state index contributed by atoms with van der Waals surface area (Å²) >= 11 is 0. The molecule has 0 spiro atoms. The second-order valence-corrected chi connectivity index (χ2v) is 5.58. The summed E-state index contributed by atoms with van der Waals surface area (Å²) in [6, 6.07) is 6.06. The van der Waals surface area contributed by atoms with Crippen molar-refractivity contribution in [3.05, 3.63) is 36.4 Å². The van der Waals surface area contributed by atoms with Crippen molar-refractivity contribution in [2.45, 2.75) is 13.8 Å². The van der Waals surface area contributed by atoms with Crippen LogP contribution in [0.1, 0.15) is 12.7 Å². The van der Waals surface area contributed by atoms with Gasteiger partial charge in [-0.25, -0.2) is 4.98 Å². The molecule has 1 fully saturated rings. The number of carbonyl (C=O) groups excluding carboxylic acids is 1. The molecule has 3 rings (SSSR count). The van der Waals surface area contributed by atoms with E-state index in [1.807, 2.05) is 34.7 Å². The number of aryl methyl sites for hydroxylation is 1. The molecule has 2 heterocycles. The summed E-state index contributed by atoms with van der Waals surface area (Å²) in [5.74, 6) is 1.05. The van der Waals surface area contributed by atoms with E-state index in [9.17, 15) is 4.79 Å². The standard InChI is InChI=1S/C16H21N5O/c1-12-18-5-6-21(12)16-11-14(3-4-15(16)17)20-9-7-19(8-10-20)13(2)22/h3-6,11H,7-10,17H2,1-2H3. The summed E-state index contributed by atoms with van der Waals surface area (Å²) < 4.78 is 1.99. The number of aromatic nitrogens is 2. The number of hydrogen-bond acceptors (Lipinski definition) is 4. The maximum Gasteiger partial charge on any atom is 0.219 e. The average molecular weight is 299 g/mol. The van der Waals surface area contributed by atoms with Crippen LogP contribution in [0.15, 0.2) is 30.6 Å². The summed E-state index contributed by atoms with van der Waals surface area (Å²) in [4.78, 5) is 19.8. The van der Waals surface area contributed by atoms with Crippen molar-refractivity contribution in [1.82, 2.24) is 14.5 Å². The molecule has 1 aromatic heterocycles. The van der Waals surface area contributed by atoms with E-state index in [1.54, 1.807) is 13.1 Å². The third-order valence-corrected chi connectivity index (χ3v) is 4.19. The summed E-state index contributed by atoms with van der Waals surface area (Å²) in [5, 5.41) is 0. The molecule has 0 unspecified atom stereocenters. The Morgan fingerprint density at radius 3 is 2.55 bits per heavy atom. The molecule has 6 nitrogen and oxygen atoms in total. The summed E-state index contributed by atoms with van der Waals surface area (Å²) in [7, 11) is 0. The van der Waals surface area contributed by atoms with Crippen LogP contribution >= 0.6 is 0 Å². The van der Waals surface area contributed by atoms with Gasteiger partial charge < -0.3 is 20.1 Å². The van der Waals surface area contributed by atoms with Gasteiger partial charge in [-0.05, 0) is 25.1 Å². The fourth-order valence-electron chi connectivity index (χ4n) is 2.85. The highest BCUT2D eigenvalue weighted by Gasteiger charge is 2.19. The monoisotopic (exact) mass is 299 g/mol. The molecule has 1 saturated heterocycles. The van der Waals surface area contributed by atoms with Gasteiger partial charge in [-0.15, -0.1) is 0 Å². The molecule has 116 valence electrons. The second kappa shape index (κ2) is 5.71. The highest BCUT2D eigenvalue weighted by atomic mass is 16.2. The van der Waals surface area contributed by atoms with Gasteiger partial charge in [0.2, 0.25) is 5.91 Å². The molecule has 6 heteroatoms. The Labute approximate surface area is 130 Å². The van der Waals surface area contributed by atoms with E-state index in [0.717, 1.165) is 49.1 Å². The van der Waals surface area contributed by atoms with Crippen molar-refractivity contribution in [2.24, 2.45) is 0 Å². The van der Waals surface area contributed by atoms with Gasteiger partial charge >= 0.3 is 0 Å². The first-order valence-corrected chi connectivity index (χ1v) is 7.46. The molecule has 2 N–H and O–H groups in total. The molecule has 1 aliphatic rings. The number of piperazine rings is 1. The summed E-state index contributed by atoms with van der Waals surface area (Å²) in [5.41, 5.74) is 8.92. The molecular weight excluding hydrogens is 278 g/mol. The van der Waals surface area contributed by atoms with E-state index >= 15 is 0 Å². The van der Waals surface area contributed by atoms with E-state index in [1.165, 1.54) is 0 Å². The number of hydrogen-bond donors (Lipinski definition) is 1. The van der Waals surface area contributed by atoms with Crippen LogP contribution in [0.4, 0.5) is 11.4 Å². The van der Waals surface area contributed by atoms with Gasteiger partial charge in [-0.1, -0.05) is 0 Å². The first-order chi connectivity index (χ1) is 10.6. The SMILES string of the molecule is CC(=O)N1CCN(c2ccc(N)c(-n3ccnc3C)c2)CC1. The molecule has 0 atom stereocenters. The number of carbonyl (C=O) groups is 1.